The molecule has 0 aliphatic heterocycles. The number of esters is 1. The molecule has 0 aliphatic carbocycles. The number of nitrogens with zero attached hydrogens (tertiary/aromatic N) is 1. The number of rotatable bonds is 10. The quantitative estimate of drug-likeness (QED) is 0.210. The zero-order valence-electron chi connectivity index (χ0n) is 20.0. The van der Waals surface area contributed by atoms with Crippen LogP contribution in [0.5, 0.6) is 0 Å². The summed E-state index contributed by atoms with van der Waals surface area (Å²) in [5.41, 5.74) is -0.255. The third-order valence-electron chi connectivity index (χ3n) is 4.90. The second kappa shape index (κ2) is 12.1. The van der Waals surface area contributed by atoms with Crippen molar-refractivity contribution in [2.24, 2.45) is 0 Å². The summed E-state index contributed by atoms with van der Waals surface area (Å²) < 4.78 is 60.7. The van der Waals surface area contributed by atoms with E-state index in [1.54, 1.807) is 22.9 Å². The smallest absolute Gasteiger partial charge is 0.338 e. The number of hydrogen-bond donors (Lipinski definition) is 3. The lowest BCUT2D eigenvalue weighted by Gasteiger charge is -2.13. The van der Waals surface area contributed by atoms with E-state index in [0.717, 1.165) is 34.8 Å². The van der Waals surface area contributed by atoms with E-state index in [4.69, 9.17) is 16.3 Å². The van der Waals surface area contributed by atoms with Gasteiger partial charge in [0.25, 0.3) is 26.0 Å². The summed E-state index contributed by atoms with van der Waals surface area (Å²) in [7, 11) is -8.09. The van der Waals surface area contributed by atoms with E-state index in [1.807, 2.05) is 6.07 Å². The predicted molar refractivity (Wildman–Crippen MR) is 152 cm³/mol. The highest BCUT2D eigenvalue weighted by Gasteiger charge is 2.21. The van der Waals surface area contributed by atoms with Crippen LogP contribution in [0.3, 0.4) is 0 Å². The molecule has 1 amide bonds. The van der Waals surface area contributed by atoms with Crippen molar-refractivity contribution in [1.29, 1.82) is 5.26 Å². The molecule has 0 spiro atoms. The van der Waals surface area contributed by atoms with Gasteiger partial charge in [0.05, 0.1) is 28.2 Å². The van der Waals surface area contributed by atoms with Crippen LogP contribution < -0.4 is 14.8 Å². The Morgan fingerprint density at radius 2 is 1.45 bits per heavy atom. The van der Waals surface area contributed by atoms with Crippen molar-refractivity contribution < 1.29 is 31.2 Å². The highest BCUT2D eigenvalue weighted by molar-refractivity contribution is 7.95. The van der Waals surface area contributed by atoms with Crippen molar-refractivity contribution in [2.75, 3.05) is 21.4 Å². The molecular weight excluding hydrogens is 620 g/mol. The Morgan fingerprint density at radius 1 is 0.875 bits per heavy atom. The van der Waals surface area contributed by atoms with Crippen LogP contribution >= 0.6 is 34.3 Å². The van der Waals surface area contributed by atoms with Crippen molar-refractivity contribution >= 4 is 83.3 Å². The lowest BCUT2D eigenvalue weighted by molar-refractivity contribution is -0.119. The molecule has 206 valence electrons. The van der Waals surface area contributed by atoms with Gasteiger partial charge in [0.2, 0.25) is 0 Å². The number of benzene rings is 2. The lowest BCUT2D eigenvalue weighted by Crippen LogP contribution is -2.22. The number of nitriles is 1. The van der Waals surface area contributed by atoms with Crippen LogP contribution in [0.2, 0.25) is 5.02 Å². The Kier molecular flexibility index (Phi) is 8.76. The number of halogens is 1. The van der Waals surface area contributed by atoms with Crippen molar-refractivity contribution in [1.82, 2.24) is 0 Å². The van der Waals surface area contributed by atoms with E-state index < -0.39 is 38.5 Å². The Hall–Kier alpha value is -3.94. The first-order valence-corrected chi connectivity index (χ1v) is 16.0. The number of amides is 1. The van der Waals surface area contributed by atoms with Crippen LogP contribution in [0, 0.1) is 11.3 Å². The Balaban J connectivity index is 1.57. The average molecular weight is 637 g/mol. The van der Waals surface area contributed by atoms with Crippen molar-refractivity contribution in [3.63, 3.8) is 0 Å². The average Bonchev–Trinajstić information content (AvgIpc) is 3.62. The molecule has 0 fully saturated rings. The minimum absolute atomic E-state index is 0.00405. The number of hydrogen-bond acceptors (Lipinski definition) is 10. The number of thiophene rings is 2. The molecule has 2 aromatic carbocycles. The van der Waals surface area contributed by atoms with Crippen LogP contribution in [-0.4, -0.2) is 35.3 Å². The topological polar surface area (TPSA) is 172 Å². The first kappa shape index (κ1) is 29.1. The molecule has 0 saturated heterocycles. The molecule has 0 unspecified atom stereocenters. The second-order valence-electron chi connectivity index (χ2n) is 7.80. The number of nitrogens with one attached hydrogen (secondary N) is 3. The zero-order chi connectivity index (χ0) is 28.9. The van der Waals surface area contributed by atoms with Gasteiger partial charge in [0.15, 0.2) is 6.61 Å². The monoisotopic (exact) mass is 636 g/mol. The van der Waals surface area contributed by atoms with Gasteiger partial charge in [-0.15, -0.1) is 22.7 Å². The lowest BCUT2D eigenvalue weighted by atomic mass is 10.2. The first-order valence-electron chi connectivity index (χ1n) is 10.9. The highest BCUT2D eigenvalue weighted by Crippen LogP contribution is 2.27. The fraction of sp³-hybridized carbons (Fsp3) is 0.0417. The molecule has 0 bridgehead atoms. The minimum Gasteiger partial charge on any atom is -0.452 e. The number of sulfonamides is 2. The fourth-order valence-electron chi connectivity index (χ4n) is 3.23. The summed E-state index contributed by atoms with van der Waals surface area (Å²) in [4.78, 5) is 25.2. The highest BCUT2D eigenvalue weighted by atomic mass is 35.5. The number of anilines is 3. The van der Waals surface area contributed by atoms with Crippen LogP contribution in [-0.2, 0) is 29.6 Å². The summed E-state index contributed by atoms with van der Waals surface area (Å²) in [6, 6.07) is 15.4. The van der Waals surface area contributed by atoms with Crippen molar-refractivity contribution in [3.8, 4) is 6.07 Å². The number of ether oxygens (including phenoxy) is 1. The SMILES string of the molecule is N#Cc1ccc(Cl)cc1NC(=O)COC(=O)c1cc(NS(=O)(=O)c2cccs2)cc(NS(=O)(=O)c2cccs2)c1. The van der Waals surface area contributed by atoms with Gasteiger partial charge >= 0.3 is 5.97 Å². The maximum absolute atomic E-state index is 12.8. The second-order valence-corrected chi connectivity index (χ2v) is 14.0. The molecule has 3 N–H and O–H groups in total. The first-order chi connectivity index (χ1) is 19.0. The van der Waals surface area contributed by atoms with Gasteiger partial charge in [-0.05, 0) is 59.3 Å². The van der Waals surface area contributed by atoms with Gasteiger partial charge in [-0.1, -0.05) is 23.7 Å². The summed E-state index contributed by atoms with van der Waals surface area (Å²) in [6.45, 7) is -0.766. The normalized spacial score (nSPS) is 11.3. The molecule has 0 atom stereocenters. The standard InChI is InChI=1S/C24H17ClN4O7S4/c25-17-6-5-15(13-26)20(11-17)27-21(30)14-36-24(31)16-9-18(28-39(32,33)22-3-1-7-37-22)12-19(10-16)29-40(34,35)23-4-2-8-38-23/h1-12,28-29H,14H2,(H,27,30). The molecule has 0 saturated carbocycles. The van der Waals surface area contributed by atoms with E-state index >= 15 is 0 Å². The van der Waals surface area contributed by atoms with Crippen LogP contribution in [0.4, 0.5) is 17.1 Å². The maximum Gasteiger partial charge on any atom is 0.338 e. The number of carbonyl (C=O) groups is 2. The summed E-state index contributed by atoms with van der Waals surface area (Å²) in [6.07, 6.45) is 0. The van der Waals surface area contributed by atoms with Gasteiger partial charge in [-0.3, -0.25) is 14.2 Å². The minimum atomic E-state index is -4.05. The molecule has 2 aromatic heterocycles. The van der Waals surface area contributed by atoms with E-state index in [9.17, 15) is 31.7 Å². The van der Waals surface area contributed by atoms with E-state index in [2.05, 4.69) is 14.8 Å². The molecule has 0 radical (unpaired) electrons. The van der Waals surface area contributed by atoms with Crippen LogP contribution in [0.1, 0.15) is 15.9 Å². The van der Waals surface area contributed by atoms with Gasteiger partial charge in [0.1, 0.15) is 14.5 Å². The molecule has 4 rings (SSSR count). The van der Waals surface area contributed by atoms with Crippen molar-refractivity contribution in [2.45, 2.75) is 8.42 Å². The third kappa shape index (κ3) is 7.17. The maximum atomic E-state index is 12.8. The van der Waals surface area contributed by atoms with Gasteiger partial charge in [-0.2, -0.15) is 5.26 Å². The molecule has 0 aliphatic rings. The Labute approximate surface area is 242 Å². The van der Waals surface area contributed by atoms with E-state index in [0.29, 0.717) is 0 Å². The van der Waals surface area contributed by atoms with Gasteiger partial charge < -0.3 is 10.1 Å². The molecule has 16 heteroatoms. The largest absolute Gasteiger partial charge is 0.452 e. The molecular formula is C24H17ClN4O7S4. The van der Waals surface area contributed by atoms with Crippen LogP contribution in [0.25, 0.3) is 0 Å². The van der Waals surface area contributed by atoms with E-state index in [1.165, 1.54) is 36.4 Å². The molecule has 11 nitrogen and oxygen atoms in total. The van der Waals surface area contributed by atoms with Gasteiger partial charge in [-0.25, -0.2) is 21.6 Å². The fourth-order valence-corrected chi connectivity index (χ4v) is 7.46. The summed E-state index contributed by atoms with van der Waals surface area (Å²) in [5.74, 6) is -1.82. The third-order valence-corrected chi connectivity index (χ3v) is 10.7. The predicted octanol–water partition coefficient (Wildman–Crippen LogP) is 4.73. The Morgan fingerprint density at radius 3 is 1.95 bits per heavy atom. The zero-order valence-corrected chi connectivity index (χ0v) is 24.0. The van der Waals surface area contributed by atoms with E-state index in [-0.39, 0.29) is 41.6 Å². The molecule has 2 heterocycles. The Bertz CT molecular complexity index is 1730. The van der Waals surface area contributed by atoms with Crippen LogP contribution in [0.15, 0.2) is 79.8 Å². The number of carbonyl (C=O) groups excluding carboxylic acids is 2. The van der Waals surface area contributed by atoms with Crippen molar-refractivity contribution in [3.05, 3.63) is 87.6 Å². The molecule has 4 aromatic rings. The van der Waals surface area contributed by atoms with Gasteiger partial charge in [0, 0.05) is 5.02 Å². The summed E-state index contributed by atoms with van der Waals surface area (Å²) in [5, 5.41) is 15.0. The molecule has 40 heavy (non-hydrogen) atoms. The summed E-state index contributed by atoms with van der Waals surface area (Å²) >= 11 is 7.83.